The fourth-order valence-electron chi connectivity index (χ4n) is 2.51. The van der Waals surface area contributed by atoms with Crippen molar-refractivity contribution in [1.82, 2.24) is 9.97 Å². The lowest BCUT2D eigenvalue weighted by atomic mass is 10.0. The molecular weight excluding hydrogens is 390 g/mol. The third-order valence-electron chi connectivity index (χ3n) is 3.93. The molecule has 0 unspecified atom stereocenters. The van der Waals surface area contributed by atoms with Crippen molar-refractivity contribution in [3.63, 3.8) is 0 Å². The number of rotatable bonds is 7. The van der Waals surface area contributed by atoms with Crippen LogP contribution in [0.15, 0.2) is 54.7 Å². The molecule has 2 N–H and O–H groups in total. The Kier molecular flexibility index (Phi) is 6.28. The molecule has 2 aromatic carbocycles. The summed E-state index contributed by atoms with van der Waals surface area (Å²) in [6.45, 7) is 0.541. The third-order valence-corrected chi connectivity index (χ3v) is 3.93. The second-order valence-electron chi connectivity index (χ2n) is 6.04. The summed E-state index contributed by atoms with van der Waals surface area (Å²) in [5, 5.41) is 11.7. The van der Waals surface area contributed by atoms with Gasteiger partial charge < -0.3 is 15.2 Å². The fourth-order valence-corrected chi connectivity index (χ4v) is 2.51. The smallest absolute Gasteiger partial charge is 0.416 e. The number of benzene rings is 2. The minimum Gasteiger partial charge on any atom is -0.439 e. The van der Waals surface area contributed by atoms with Crippen LogP contribution in [0.1, 0.15) is 12.0 Å². The van der Waals surface area contributed by atoms with E-state index < -0.39 is 17.6 Å². The van der Waals surface area contributed by atoms with Crippen LogP contribution in [-0.4, -0.2) is 28.2 Å². The first-order valence-electron chi connectivity index (χ1n) is 8.69. The SMILES string of the molecule is OCCCNc1nccc(Oc2ccc(-c3cc(C(F)(F)F)ccc3F)cc2)n1. The van der Waals surface area contributed by atoms with E-state index in [4.69, 9.17) is 9.84 Å². The van der Waals surface area contributed by atoms with Crippen molar-refractivity contribution in [2.45, 2.75) is 12.6 Å². The summed E-state index contributed by atoms with van der Waals surface area (Å²) in [6, 6.07) is 9.78. The molecule has 1 aromatic heterocycles. The molecule has 1 heterocycles. The van der Waals surface area contributed by atoms with Gasteiger partial charge in [-0.05, 0) is 42.3 Å². The van der Waals surface area contributed by atoms with E-state index in [0.717, 1.165) is 12.1 Å². The summed E-state index contributed by atoms with van der Waals surface area (Å²) in [7, 11) is 0. The molecule has 0 atom stereocenters. The molecule has 5 nitrogen and oxygen atoms in total. The van der Waals surface area contributed by atoms with Gasteiger partial charge in [0.15, 0.2) is 0 Å². The second-order valence-corrected chi connectivity index (χ2v) is 6.04. The lowest BCUT2D eigenvalue weighted by Gasteiger charge is -2.11. The van der Waals surface area contributed by atoms with Gasteiger partial charge in [-0.3, -0.25) is 0 Å². The van der Waals surface area contributed by atoms with E-state index in [1.165, 1.54) is 36.5 Å². The van der Waals surface area contributed by atoms with Crippen LogP contribution in [-0.2, 0) is 6.18 Å². The summed E-state index contributed by atoms with van der Waals surface area (Å²) in [6.07, 6.45) is -2.51. The average molecular weight is 407 g/mol. The molecule has 152 valence electrons. The number of halogens is 4. The molecular formula is C20H17F4N3O2. The standard InChI is InChI=1S/C20H17F4N3O2/c21-17-7-4-14(20(22,23)24)12-16(17)13-2-5-15(6-3-13)29-18-8-10-26-19(27-18)25-9-1-11-28/h2-8,10,12,28H,1,9,11H2,(H,25,26,27). The molecule has 0 bridgehead atoms. The molecule has 0 saturated heterocycles. The van der Waals surface area contributed by atoms with Crippen LogP contribution in [0.3, 0.4) is 0 Å². The topological polar surface area (TPSA) is 67.3 Å². The van der Waals surface area contributed by atoms with Crippen LogP contribution in [0, 0.1) is 5.82 Å². The van der Waals surface area contributed by atoms with E-state index in [-0.39, 0.29) is 23.6 Å². The van der Waals surface area contributed by atoms with Crippen molar-refractivity contribution < 1.29 is 27.4 Å². The van der Waals surface area contributed by atoms with Gasteiger partial charge in [0.25, 0.3) is 0 Å². The molecule has 3 aromatic rings. The third kappa shape index (κ3) is 5.41. The minimum atomic E-state index is -4.55. The van der Waals surface area contributed by atoms with Crippen LogP contribution in [0.4, 0.5) is 23.5 Å². The van der Waals surface area contributed by atoms with Crippen molar-refractivity contribution in [2.75, 3.05) is 18.5 Å². The highest BCUT2D eigenvalue weighted by molar-refractivity contribution is 5.66. The van der Waals surface area contributed by atoms with Crippen LogP contribution < -0.4 is 10.1 Å². The maximum absolute atomic E-state index is 14.0. The molecule has 9 heteroatoms. The average Bonchev–Trinajstić information content (AvgIpc) is 2.69. The molecule has 0 spiro atoms. The largest absolute Gasteiger partial charge is 0.439 e. The van der Waals surface area contributed by atoms with Crippen LogP contribution >= 0.6 is 0 Å². The molecule has 0 aliphatic heterocycles. The Labute approximate surface area is 164 Å². The van der Waals surface area contributed by atoms with E-state index in [2.05, 4.69) is 15.3 Å². The lowest BCUT2D eigenvalue weighted by Crippen LogP contribution is -2.06. The minimum absolute atomic E-state index is 0.0437. The van der Waals surface area contributed by atoms with Gasteiger partial charge in [-0.25, -0.2) is 9.37 Å². The Bertz CT molecular complexity index is 963. The molecule has 0 saturated carbocycles. The molecule has 0 fully saturated rings. The molecule has 0 amide bonds. The predicted molar refractivity (Wildman–Crippen MR) is 99.1 cm³/mol. The van der Waals surface area contributed by atoms with Crippen LogP contribution in [0.5, 0.6) is 11.6 Å². The van der Waals surface area contributed by atoms with Gasteiger partial charge in [0.2, 0.25) is 11.8 Å². The van der Waals surface area contributed by atoms with Gasteiger partial charge in [-0.15, -0.1) is 0 Å². The quantitative estimate of drug-likeness (QED) is 0.431. The van der Waals surface area contributed by atoms with Gasteiger partial charge in [0.05, 0.1) is 5.56 Å². The van der Waals surface area contributed by atoms with Crippen molar-refractivity contribution >= 4 is 5.95 Å². The summed E-state index contributed by atoms with van der Waals surface area (Å²) in [4.78, 5) is 8.19. The lowest BCUT2D eigenvalue weighted by molar-refractivity contribution is -0.137. The number of alkyl halides is 3. The molecule has 0 radical (unpaired) electrons. The first kappa shape index (κ1) is 20.5. The van der Waals surface area contributed by atoms with Gasteiger partial charge in [0.1, 0.15) is 11.6 Å². The number of ether oxygens (including phenoxy) is 1. The van der Waals surface area contributed by atoms with Crippen LogP contribution in [0.2, 0.25) is 0 Å². The zero-order chi connectivity index (χ0) is 20.9. The van der Waals surface area contributed by atoms with Gasteiger partial charge in [0, 0.05) is 31.0 Å². The Hall–Kier alpha value is -3.20. The number of nitrogens with one attached hydrogen (secondary N) is 1. The summed E-state index contributed by atoms with van der Waals surface area (Å²) in [5.41, 5.74) is -0.782. The normalized spacial score (nSPS) is 11.3. The monoisotopic (exact) mass is 407 g/mol. The van der Waals surface area contributed by atoms with E-state index in [9.17, 15) is 17.6 Å². The summed E-state index contributed by atoms with van der Waals surface area (Å²) < 4.78 is 58.3. The second kappa shape index (κ2) is 8.87. The Morgan fingerprint density at radius 1 is 1.03 bits per heavy atom. The van der Waals surface area contributed by atoms with Gasteiger partial charge >= 0.3 is 6.18 Å². The highest BCUT2D eigenvalue weighted by atomic mass is 19.4. The Balaban J connectivity index is 1.75. The van der Waals surface area contributed by atoms with Gasteiger partial charge in [-0.1, -0.05) is 12.1 Å². The number of hydrogen-bond donors (Lipinski definition) is 2. The van der Waals surface area contributed by atoms with Crippen molar-refractivity contribution in [3.05, 3.63) is 66.1 Å². The molecule has 0 aliphatic carbocycles. The maximum atomic E-state index is 14.0. The first-order chi connectivity index (χ1) is 13.9. The first-order valence-corrected chi connectivity index (χ1v) is 8.69. The number of aromatic nitrogens is 2. The number of aliphatic hydroxyl groups excluding tert-OH is 1. The predicted octanol–water partition coefficient (Wildman–Crippen LogP) is 4.89. The molecule has 3 rings (SSSR count). The maximum Gasteiger partial charge on any atom is 0.416 e. The van der Waals surface area contributed by atoms with Crippen molar-refractivity contribution in [3.8, 4) is 22.8 Å². The van der Waals surface area contributed by atoms with E-state index in [1.54, 1.807) is 0 Å². The van der Waals surface area contributed by atoms with Gasteiger partial charge in [-0.2, -0.15) is 18.2 Å². The summed E-state index contributed by atoms with van der Waals surface area (Å²) in [5.74, 6) is 0.213. The van der Waals surface area contributed by atoms with E-state index >= 15 is 0 Å². The number of aliphatic hydroxyl groups is 1. The molecule has 29 heavy (non-hydrogen) atoms. The Morgan fingerprint density at radius 2 is 1.79 bits per heavy atom. The van der Waals surface area contributed by atoms with E-state index in [0.29, 0.717) is 30.7 Å². The van der Waals surface area contributed by atoms with Crippen molar-refractivity contribution in [2.24, 2.45) is 0 Å². The fraction of sp³-hybridized carbons (Fsp3) is 0.200. The highest BCUT2D eigenvalue weighted by Gasteiger charge is 2.31. The zero-order valence-electron chi connectivity index (χ0n) is 15.1. The highest BCUT2D eigenvalue weighted by Crippen LogP contribution is 2.34. The number of anilines is 1. The Morgan fingerprint density at radius 3 is 2.48 bits per heavy atom. The molecule has 0 aliphatic rings. The van der Waals surface area contributed by atoms with Crippen LogP contribution in [0.25, 0.3) is 11.1 Å². The number of nitrogens with zero attached hydrogens (tertiary/aromatic N) is 2. The number of hydrogen-bond acceptors (Lipinski definition) is 5. The van der Waals surface area contributed by atoms with Crippen molar-refractivity contribution in [1.29, 1.82) is 0 Å². The van der Waals surface area contributed by atoms with E-state index in [1.807, 2.05) is 0 Å². The zero-order valence-corrected chi connectivity index (χ0v) is 15.1. The summed E-state index contributed by atoms with van der Waals surface area (Å²) >= 11 is 0.